The van der Waals surface area contributed by atoms with Crippen LogP contribution in [0, 0.1) is 0 Å². The number of carbonyl (C=O) groups is 2. The van der Waals surface area contributed by atoms with Crippen molar-refractivity contribution in [1.29, 1.82) is 0 Å². The fourth-order valence-corrected chi connectivity index (χ4v) is 3.11. The van der Waals surface area contributed by atoms with Crippen LogP contribution < -0.4 is 15.4 Å². The van der Waals surface area contributed by atoms with Crippen molar-refractivity contribution in [3.8, 4) is 5.75 Å². The van der Waals surface area contributed by atoms with E-state index in [0.29, 0.717) is 22.0 Å². The molecule has 5 nitrogen and oxygen atoms in total. The first-order chi connectivity index (χ1) is 14.0. The first-order valence-electron chi connectivity index (χ1n) is 9.09. The number of rotatable bonds is 6. The summed E-state index contributed by atoms with van der Waals surface area (Å²) in [6.45, 7) is 1.91. The minimum absolute atomic E-state index is 0.180. The Bertz CT molecular complexity index is 1020. The molecule has 0 unspecified atom stereocenters. The summed E-state index contributed by atoms with van der Waals surface area (Å²) in [5, 5.41) is 6.16. The zero-order chi connectivity index (χ0) is 20.8. The molecule has 2 N–H and O–H groups in total. The molecule has 0 bridgehead atoms. The van der Waals surface area contributed by atoms with Crippen molar-refractivity contribution in [2.24, 2.45) is 0 Å². The molecule has 0 heterocycles. The van der Waals surface area contributed by atoms with Crippen LogP contribution >= 0.6 is 11.6 Å². The summed E-state index contributed by atoms with van der Waals surface area (Å²) in [5.41, 5.74) is 2.04. The number of anilines is 1. The first-order valence-corrected chi connectivity index (χ1v) is 9.47. The lowest BCUT2D eigenvalue weighted by Crippen LogP contribution is -2.28. The summed E-state index contributed by atoms with van der Waals surface area (Å²) >= 11 is 6.02. The Kier molecular flexibility index (Phi) is 6.52. The maximum absolute atomic E-state index is 12.8. The number of carbonyl (C=O) groups excluding carboxylic acids is 2. The average molecular weight is 409 g/mol. The number of halogens is 1. The van der Waals surface area contributed by atoms with E-state index in [1.54, 1.807) is 36.4 Å². The average Bonchev–Trinajstić information content (AvgIpc) is 2.74. The van der Waals surface area contributed by atoms with Crippen molar-refractivity contribution in [2.45, 2.75) is 13.0 Å². The lowest BCUT2D eigenvalue weighted by atomic mass is 10.1. The minimum Gasteiger partial charge on any atom is -0.496 e. The lowest BCUT2D eigenvalue weighted by molar-refractivity contribution is 0.0941. The van der Waals surface area contributed by atoms with Crippen molar-refractivity contribution >= 4 is 29.1 Å². The van der Waals surface area contributed by atoms with Gasteiger partial charge in [0, 0.05) is 5.02 Å². The topological polar surface area (TPSA) is 67.4 Å². The summed E-state index contributed by atoms with van der Waals surface area (Å²) in [4.78, 5) is 25.6. The second-order valence-electron chi connectivity index (χ2n) is 6.45. The van der Waals surface area contributed by atoms with Gasteiger partial charge in [-0.3, -0.25) is 9.59 Å². The van der Waals surface area contributed by atoms with E-state index in [4.69, 9.17) is 16.3 Å². The van der Waals surface area contributed by atoms with Crippen LogP contribution in [0.2, 0.25) is 5.02 Å². The van der Waals surface area contributed by atoms with Crippen LogP contribution in [0.25, 0.3) is 0 Å². The largest absolute Gasteiger partial charge is 0.496 e. The maximum atomic E-state index is 12.8. The smallest absolute Gasteiger partial charge is 0.259 e. The van der Waals surface area contributed by atoms with Gasteiger partial charge in [0.25, 0.3) is 11.8 Å². The number of amides is 2. The third kappa shape index (κ3) is 4.95. The molecule has 6 heteroatoms. The van der Waals surface area contributed by atoms with Crippen LogP contribution in [-0.4, -0.2) is 18.9 Å². The van der Waals surface area contributed by atoms with Crippen molar-refractivity contribution in [1.82, 2.24) is 5.32 Å². The second kappa shape index (κ2) is 9.26. The van der Waals surface area contributed by atoms with Gasteiger partial charge >= 0.3 is 0 Å². The monoisotopic (exact) mass is 408 g/mol. The van der Waals surface area contributed by atoms with Gasteiger partial charge in [-0.25, -0.2) is 0 Å². The highest BCUT2D eigenvalue weighted by Crippen LogP contribution is 2.25. The molecule has 3 aromatic rings. The molecule has 0 aliphatic rings. The van der Waals surface area contributed by atoms with E-state index in [1.165, 1.54) is 13.2 Å². The highest BCUT2D eigenvalue weighted by Gasteiger charge is 2.18. The van der Waals surface area contributed by atoms with Crippen LogP contribution in [0.1, 0.15) is 39.2 Å². The van der Waals surface area contributed by atoms with Gasteiger partial charge in [0.15, 0.2) is 0 Å². The molecule has 3 aromatic carbocycles. The Morgan fingerprint density at radius 1 is 0.897 bits per heavy atom. The van der Waals surface area contributed by atoms with Crippen LogP contribution in [0.15, 0.2) is 72.8 Å². The van der Waals surface area contributed by atoms with Crippen molar-refractivity contribution in [3.63, 3.8) is 0 Å². The standard InChI is InChI=1S/C23H21ClN2O3/c1-15(16-8-4-3-5-9-16)25-22(27)18-10-6-7-11-20(18)26-23(28)19-14-17(24)12-13-21(19)29-2/h3-15H,1-2H3,(H,25,27)(H,26,28)/t15-/m0/s1. The van der Waals surface area contributed by atoms with Crippen LogP contribution in [0.5, 0.6) is 5.75 Å². The number of hydrogen-bond donors (Lipinski definition) is 2. The Morgan fingerprint density at radius 2 is 1.59 bits per heavy atom. The van der Waals surface area contributed by atoms with Gasteiger partial charge in [-0.2, -0.15) is 0 Å². The molecule has 3 rings (SSSR count). The molecule has 0 aliphatic carbocycles. The molecule has 0 aromatic heterocycles. The van der Waals surface area contributed by atoms with Crippen LogP contribution in [0.3, 0.4) is 0 Å². The van der Waals surface area contributed by atoms with E-state index in [-0.39, 0.29) is 17.5 Å². The van der Waals surface area contributed by atoms with E-state index in [9.17, 15) is 9.59 Å². The van der Waals surface area contributed by atoms with Crippen LogP contribution in [-0.2, 0) is 0 Å². The number of benzene rings is 3. The van der Waals surface area contributed by atoms with Crippen LogP contribution in [0.4, 0.5) is 5.69 Å². The summed E-state index contributed by atoms with van der Waals surface area (Å²) in [6, 6.07) is 21.1. The molecular formula is C23H21ClN2O3. The van der Waals surface area contributed by atoms with Gasteiger partial charge in [0.2, 0.25) is 0 Å². The summed E-state index contributed by atoms with van der Waals surface area (Å²) in [6.07, 6.45) is 0. The van der Waals surface area contributed by atoms with Crippen molar-refractivity contribution < 1.29 is 14.3 Å². The maximum Gasteiger partial charge on any atom is 0.259 e. The third-order valence-electron chi connectivity index (χ3n) is 4.47. The Hall–Kier alpha value is -3.31. The van der Waals surface area contributed by atoms with E-state index in [2.05, 4.69) is 10.6 Å². The Labute approximate surface area is 174 Å². The molecule has 0 aliphatic heterocycles. The number of para-hydroxylation sites is 1. The van der Waals surface area contributed by atoms with Gasteiger partial charge in [-0.1, -0.05) is 54.1 Å². The van der Waals surface area contributed by atoms with Gasteiger partial charge in [0.05, 0.1) is 30.0 Å². The molecule has 0 spiro atoms. The summed E-state index contributed by atoms with van der Waals surface area (Å²) in [7, 11) is 1.48. The number of hydrogen-bond acceptors (Lipinski definition) is 3. The lowest BCUT2D eigenvalue weighted by Gasteiger charge is -2.17. The molecule has 0 saturated carbocycles. The minimum atomic E-state index is -0.416. The molecular weight excluding hydrogens is 388 g/mol. The number of methoxy groups -OCH3 is 1. The molecule has 0 radical (unpaired) electrons. The quantitative estimate of drug-likeness (QED) is 0.596. The van der Waals surface area contributed by atoms with E-state index < -0.39 is 5.91 Å². The van der Waals surface area contributed by atoms with Crippen molar-refractivity contribution in [2.75, 3.05) is 12.4 Å². The third-order valence-corrected chi connectivity index (χ3v) is 4.71. The van der Waals surface area contributed by atoms with Gasteiger partial charge in [-0.15, -0.1) is 0 Å². The van der Waals surface area contributed by atoms with Gasteiger partial charge in [-0.05, 0) is 42.8 Å². The van der Waals surface area contributed by atoms with Crippen molar-refractivity contribution in [3.05, 3.63) is 94.5 Å². The highest BCUT2D eigenvalue weighted by molar-refractivity contribution is 6.31. The predicted molar refractivity (Wildman–Crippen MR) is 115 cm³/mol. The van der Waals surface area contributed by atoms with Gasteiger partial charge in [0.1, 0.15) is 5.75 Å². The summed E-state index contributed by atoms with van der Waals surface area (Å²) < 4.78 is 5.24. The Morgan fingerprint density at radius 3 is 2.31 bits per heavy atom. The fraction of sp³-hybridized carbons (Fsp3) is 0.130. The fourth-order valence-electron chi connectivity index (χ4n) is 2.94. The normalized spacial score (nSPS) is 11.4. The molecule has 0 fully saturated rings. The molecule has 0 saturated heterocycles. The van der Waals surface area contributed by atoms with E-state index >= 15 is 0 Å². The molecule has 2 amide bonds. The van der Waals surface area contributed by atoms with Gasteiger partial charge < -0.3 is 15.4 Å². The van der Waals surface area contributed by atoms with E-state index in [1.807, 2.05) is 37.3 Å². The highest BCUT2D eigenvalue weighted by atomic mass is 35.5. The summed E-state index contributed by atoms with van der Waals surface area (Å²) in [5.74, 6) is -0.303. The van der Waals surface area contributed by atoms with E-state index in [0.717, 1.165) is 5.56 Å². The SMILES string of the molecule is COc1ccc(Cl)cc1C(=O)Nc1ccccc1C(=O)N[C@@H](C)c1ccccc1. The molecule has 148 valence electrons. The molecule has 1 atom stereocenters. The zero-order valence-electron chi connectivity index (χ0n) is 16.1. The second-order valence-corrected chi connectivity index (χ2v) is 6.89. The molecule has 29 heavy (non-hydrogen) atoms. The Balaban J connectivity index is 1.81. The predicted octanol–water partition coefficient (Wildman–Crippen LogP) is 5.09. The number of nitrogens with one attached hydrogen (secondary N) is 2. The zero-order valence-corrected chi connectivity index (χ0v) is 16.9. The number of ether oxygens (including phenoxy) is 1. The first kappa shape index (κ1) is 20.4.